The predicted molar refractivity (Wildman–Crippen MR) is 107 cm³/mol. The molecular formula is C18H25N3O3S2. The zero-order valence-electron chi connectivity index (χ0n) is 15.2. The van der Waals surface area contributed by atoms with Crippen LogP contribution in [0.5, 0.6) is 5.75 Å². The van der Waals surface area contributed by atoms with E-state index in [4.69, 9.17) is 4.74 Å². The van der Waals surface area contributed by atoms with Crippen molar-refractivity contribution in [2.45, 2.75) is 17.7 Å². The number of nitrogens with one attached hydrogen (secondary N) is 2. The summed E-state index contributed by atoms with van der Waals surface area (Å²) in [6, 6.07) is 8.54. The average molecular weight is 396 g/mol. The number of sulfone groups is 1. The van der Waals surface area contributed by atoms with Crippen molar-refractivity contribution >= 4 is 27.1 Å². The molecule has 0 saturated carbocycles. The van der Waals surface area contributed by atoms with Gasteiger partial charge in [0.2, 0.25) is 0 Å². The van der Waals surface area contributed by atoms with Crippen molar-refractivity contribution in [3.05, 3.63) is 46.7 Å². The summed E-state index contributed by atoms with van der Waals surface area (Å²) in [6.45, 7) is 4.00. The third-order valence-electron chi connectivity index (χ3n) is 3.83. The fourth-order valence-electron chi connectivity index (χ4n) is 2.27. The van der Waals surface area contributed by atoms with E-state index in [-0.39, 0.29) is 4.90 Å². The Morgan fingerprint density at radius 3 is 2.54 bits per heavy atom. The summed E-state index contributed by atoms with van der Waals surface area (Å²) in [5.74, 6) is 1.76. The lowest BCUT2D eigenvalue weighted by Gasteiger charge is -2.15. The Kier molecular flexibility index (Phi) is 7.47. The van der Waals surface area contributed by atoms with Crippen LogP contribution in [0.3, 0.4) is 0 Å². The van der Waals surface area contributed by atoms with Crippen molar-refractivity contribution in [3.8, 4) is 5.75 Å². The van der Waals surface area contributed by atoms with Crippen molar-refractivity contribution in [3.63, 3.8) is 0 Å². The molecule has 142 valence electrons. The molecule has 1 heterocycles. The smallest absolute Gasteiger partial charge is 0.191 e. The number of guanidine groups is 1. The van der Waals surface area contributed by atoms with E-state index >= 15 is 0 Å². The number of hydrogen-bond acceptors (Lipinski definition) is 5. The molecule has 0 amide bonds. The van der Waals surface area contributed by atoms with E-state index in [0.29, 0.717) is 24.8 Å². The molecule has 2 aromatic rings. The topological polar surface area (TPSA) is 79.8 Å². The van der Waals surface area contributed by atoms with Gasteiger partial charge in [-0.3, -0.25) is 4.99 Å². The Balaban J connectivity index is 1.70. The van der Waals surface area contributed by atoms with E-state index in [9.17, 15) is 8.42 Å². The molecule has 0 spiro atoms. The number of benzene rings is 1. The molecule has 8 heteroatoms. The molecule has 0 fully saturated rings. The van der Waals surface area contributed by atoms with E-state index in [1.165, 1.54) is 11.8 Å². The van der Waals surface area contributed by atoms with Gasteiger partial charge in [0.25, 0.3) is 0 Å². The summed E-state index contributed by atoms with van der Waals surface area (Å²) in [6.07, 6.45) is 1.19. The van der Waals surface area contributed by atoms with Crippen LogP contribution in [0.4, 0.5) is 0 Å². The molecule has 1 aromatic carbocycles. The van der Waals surface area contributed by atoms with Crippen LogP contribution in [0.15, 0.2) is 51.0 Å². The molecular weight excluding hydrogens is 370 g/mol. The SMILES string of the molecule is CN=C(NCCOc1ccc(S(C)(=O)=O)cc1)NCC(C)c1ccsc1. The van der Waals surface area contributed by atoms with Crippen LogP contribution in [0.1, 0.15) is 18.4 Å². The summed E-state index contributed by atoms with van der Waals surface area (Å²) in [5, 5.41) is 10.7. The minimum Gasteiger partial charge on any atom is -0.492 e. The van der Waals surface area contributed by atoms with Gasteiger partial charge in [-0.05, 0) is 52.6 Å². The fraction of sp³-hybridized carbons (Fsp3) is 0.389. The first kappa shape index (κ1) is 20.3. The van der Waals surface area contributed by atoms with Gasteiger partial charge in [0.05, 0.1) is 11.4 Å². The van der Waals surface area contributed by atoms with Crippen LogP contribution in [-0.4, -0.2) is 47.4 Å². The number of ether oxygens (including phenoxy) is 1. The Morgan fingerprint density at radius 1 is 1.23 bits per heavy atom. The molecule has 0 radical (unpaired) electrons. The highest BCUT2D eigenvalue weighted by Crippen LogP contribution is 2.17. The first-order valence-corrected chi connectivity index (χ1v) is 11.1. The van der Waals surface area contributed by atoms with Gasteiger partial charge < -0.3 is 15.4 Å². The standard InChI is InChI=1S/C18H25N3O3S2/c1-14(15-8-11-25-13-15)12-21-18(19-2)20-9-10-24-16-4-6-17(7-5-16)26(3,22)23/h4-8,11,13-14H,9-10,12H2,1-3H3,(H2,19,20,21). The highest BCUT2D eigenvalue weighted by Gasteiger charge is 2.08. The molecule has 2 rings (SSSR count). The van der Waals surface area contributed by atoms with Gasteiger partial charge in [0.15, 0.2) is 15.8 Å². The summed E-state index contributed by atoms with van der Waals surface area (Å²) < 4.78 is 28.5. The molecule has 1 aromatic heterocycles. The van der Waals surface area contributed by atoms with Gasteiger partial charge >= 0.3 is 0 Å². The molecule has 6 nitrogen and oxygen atoms in total. The third kappa shape index (κ3) is 6.34. The van der Waals surface area contributed by atoms with Gasteiger partial charge in [-0.15, -0.1) is 0 Å². The Morgan fingerprint density at radius 2 is 1.96 bits per heavy atom. The maximum atomic E-state index is 11.4. The lowest BCUT2D eigenvalue weighted by Crippen LogP contribution is -2.40. The third-order valence-corrected chi connectivity index (χ3v) is 5.66. The molecule has 26 heavy (non-hydrogen) atoms. The second-order valence-corrected chi connectivity index (χ2v) is 8.73. The van der Waals surface area contributed by atoms with E-state index < -0.39 is 9.84 Å². The first-order chi connectivity index (χ1) is 12.4. The van der Waals surface area contributed by atoms with Gasteiger partial charge in [0.1, 0.15) is 12.4 Å². The maximum absolute atomic E-state index is 11.4. The van der Waals surface area contributed by atoms with Crippen LogP contribution in [0, 0.1) is 0 Å². The zero-order chi connectivity index (χ0) is 19.0. The monoisotopic (exact) mass is 395 g/mol. The fourth-order valence-corrected chi connectivity index (χ4v) is 3.68. The van der Waals surface area contributed by atoms with E-state index in [1.807, 2.05) is 0 Å². The second kappa shape index (κ2) is 9.59. The number of thiophene rings is 1. The molecule has 1 unspecified atom stereocenters. The quantitative estimate of drug-likeness (QED) is 0.408. The normalized spacial score (nSPS) is 13.3. The molecule has 1 atom stereocenters. The Labute approximate surface area is 159 Å². The maximum Gasteiger partial charge on any atom is 0.191 e. The molecule has 2 N–H and O–H groups in total. The van der Waals surface area contributed by atoms with Crippen LogP contribution in [0.25, 0.3) is 0 Å². The van der Waals surface area contributed by atoms with Crippen LogP contribution >= 0.6 is 11.3 Å². The van der Waals surface area contributed by atoms with Crippen LogP contribution in [-0.2, 0) is 9.84 Å². The largest absolute Gasteiger partial charge is 0.492 e. The van der Waals surface area contributed by atoms with Crippen molar-refractivity contribution < 1.29 is 13.2 Å². The lowest BCUT2D eigenvalue weighted by molar-refractivity contribution is 0.321. The second-order valence-electron chi connectivity index (χ2n) is 5.93. The minimum atomic E-state index is -3.18. The average Bonchev–Trinajstić information content (AvgIpc) is 3.15. The molecule has 0 bridgehead atoms. The van der Waals surface area contributed by atoms with E-state index in [2.05, 4.69) is 39.4 Å². The van der Waals surface area contributed by atoms with E-state index in [0.717, 1.165) is 12.5 Å². The summed E-state index contributed by atoms with van der Waals surface area (Å²) in [4.78, 5) is 4.48. The Bertz CT molecular complexity index is 801. The van der Waals surface area contributed by atoms with Crippen molar-refractivity contribution in [1.82, 2.24) is 10.6 Å². The van der Waals surface area contributed by atoms with Crippen molar-refractivity contribution in [1.29, 1.82) is 0 Å². The number of rotatable bonds is 8. The van der Waals surface area contributed by atoms with Gasteiger partial charge in [-0.1, -0.05) is 6.92 Å². The van der Waals surface area contributed by atoms with Crippen LogP contribution < -0.4 is 15.4 Å². The molecule has 0 aliphatic heterocycles. The van der Waals surface area contributed by atoms with Gasteiger partial charge in [-0.2, -0.15) is 11.3 Å². The van der Waals surface area contributed by atoms with E-state index in [1.54, 1.807) is 42.6 Å². The summed E-state index contributed by atoms with van der Waals surface area (Å²) in [7, 11) is -1.45. The predicted octanol–water partition coefficient (Wildman–Crippen LogP) is 2.50. The molecule has 0 saturated heterocycles. The van der Waals surface area contributed by atoms with Crippen molar-refractivity contribution in [2.24, 2.45) is 4.99 Å². The Hall–Kier alpha value is -2.06. The lowest BCUT2D eigenvalue weighted by atomic mass is 10.1. The molecule has 0 aliphatic rings. The number of hydrogen-bond donors (Lipinski definition) is 2. The number of nitrogens with zero attached hydrogens (tertiary/aromatic N) is 1. The zero-order valence-corrected chi connectivity index (χ0v) is 16.9. The van der Waals surface area contributed by atoms with Crippen LogP contribution in [0.2, 0.25) is 0 Å². The highest BCUT2D eigenvalue weighted by molar-refractivity contribution is 7.90. The van der Waals surface area contributed by atoms with Gasteiger partial charge in [0, 0.05) is 19.8 Å². The first-order valence-electron chi connectivity index (χ1n) is 8.29. The summed E-state index contributed by atoms with van der Waals surface area (Å²) in [5.41, 5.74) is 1.32. The minimum absolute atomic E-state index is 0.285. The van der Waals surface area contributed by atoms with Crippen molar-refractivity contribution in [2.75, 3.05) is 33.0 Å². The molecule has 0 aliphatic carbocycles. The summed E-state index contributed by atoms with van der Waals surface area (Å²) >= 11 is 1.70. The number of aliphatic imine (C=N–C) groups is 1. The van der Waals surface area contributed by atoms with Gasteiger partial charge in [-0.25, -0.2) is 8.42 Å². The highest BCUT2D eigenvalue weighted by atomic mass is 32.2.